The first kappa shape index (κ1) is 61.4. The number of hydrogen-bond donors (Lipinski definition) is 8. The van der Waals surface area contributed by atoms with E-state index in [1.54, 1.807) is 12.2 Å². The van der Waals surface area contributed by atoms with Crippen molar-refractivity contribution in [3.05, 3.63) is 72.9 Å². The molecule has 1 aliphatic rings. The fourth-order valence-electron chi connectivity index (χ4n) is 6.70. The van der Waals surface area contributed by atoms with Gasteiger partial charge >= 0.3 is 27.6 Å². The summed E-state index contributed by atoms with van der Waals surface area (Å²) in [5.74, 6) is -1.42. The van der Waals surface area contributed by atoms with Crippen LogP contribution < -0.4 is 0 Å². The van der Waals surface area contributed by atoms with E-state index in [1.807, 2.05) is 18.2 Å². The van der Waals surface area contributed by atoms with Crippen molar-refractivity contribution in [2.75, 3.05) is 13.2 Å². The fraction of sp³-hybridized carbons (Fsp3) is 0.702. The molecule has 66 heavy (non-hydrogen) atoms. The van der Waals surface area contributed by atoms with Gasteiger partial charge in [0, 0.05) is 12.8 Å². The van der Waals surface area contributed by atoms with Gasteiger partial charge in [-0.2, -0.15) is 0 Å². The average molecular weight is 979 g/mol. The standard InChI is InChI=1S/C47H80O17P2/c1-3-5-7-9-11-13-15-17-18-20-22-24-26-28-30-34-41(50)62-39(37-61-66(58,59)64-47-44(53)42(51)43(52)46(45(47)54)63-65(55,56)57)36-60-40(49)35-31-33-38(48)32-29-27-25-23-21-19-16-14-12-10-8-6-4-2/h6,8,12-15,19,21,25,27,29,32,38-39,42-48,51-54H,3-5,7,9-11,16-18,20,22-24,26,28,30-31,33-37H2,1-2H3,(H,58,59)(H2,55,56,57)/b8-6-,14-12-,15-13-,21-19-,27-25-,32-29+/t38?,39-,42?,43?,44?,45?,46-,47+/m1/s1. The highest BCUT2D eigenvalue weighted by molar-refractivity contribution is 7.47. The quantitative estimate of drug-likeness (QED) is 0.00963. The molecule has 8 N–H and O–H groups in total. The molecule has 9 atom stereocenters. The molecular formula is C47H80O17P2. The maximum atomic E-state index is 13.0. The number of carbonyl (C=O) groups is 2. The van der Waals surface area contributed by atoms with Crippen LogP contribution in [0.15, 0.2) is 72.9 Å². The summed E-state index contributed by atoms with van der Waals surface area (Å²) in [4.78, 5) is 54.3. The lowest BCUT2D eigenvalue weighted by atomic mass is 9.85. The molecule has 0 amide bonds. The maximum Gasteiger partial charge on any atom is 0.472 e. The third-order valence-corrected chi connectivity index (χ3v) is 11.9. The van der Waals surface area contributed by atoms with Crippen LogP contribution in [0.4, 0.5) is 0 Å². The van der Waals surface area contributed by atoms with Gasteiger partial charge in [-0.15, -0.1) is 0 Å². The Balaban J connectivity index is 2.69. The largest absolute Gasteiger partial charge is 0.472 e. The number of phosphoric acid groups is 2. The molecule has 0 spiro atoms. The summed E-state index contributed by atoms with van der Waals surface area (Å²) in [5.41, 5.74) is 0. The van der Waals surface area contributed by atoms with Crippen LogP contribution in [0, 0.1) is 0 Å². The minimum atomic E-state index is -5.39. The van der Waals surface area contributed by atoms with Crippen molar-refractivity contribution in [2.45, 2.75) is 198 Å². The molecule has 1 saturated carbocycles. The highest BCUT2D eigenvalue weighted by Crippen LogP contribution is 2.49. The Morgan fingerprint density at radius 2 is 1.11 bits per heavy atom. The number of rotatable bonds is 38. The third kappa shape index (κ3) is 31.4. The molecular weight excluding hydrogens is 898 g/mol. The Bertz CT molecular complexity index is 1570. The second kappa shape index (κ2) is 37.3. The van der Waals surface area contributed by atoms with E-state index < -0.39 is 89.6 Å². The Hall–Kier alpha value is -2.60. The molecule has 0 radical (unpaired) electrons. The average Bonchev–Trinajstić information content (AvgIpc) is 3.26. The molecule has 0 saturated heterocycles. The van der Waals surface area contributed by atoms with E-state index in [1.165, 1.54) is 25.7 Å². The lowest BCUT2D eigenvalue weighted by Gasteiger charge is -2.43. The monoisotopic (exact) mass is 978 g/mol. The first-order valence-electron chi connectivity index (χ1n) is 23.6. The number of ether oxygens (including phenoxy) is 2. The summed E-state index contributed by atoms with van der Waals surface area (Å²) in [6.45, 7) is 2.80. The van der Waals surface area contributed by atoms with Gasteiger partial charge < -0.3 is 49.7 Å². The topological polar surface area (TPSA) is 276 Å². The van der Waals surface area contributed by atoms with E-state index >= 15 is 0 Å². The van der Waals surface area contributed by atoms with E-state index in [0.717, 1.165) is 77.0 Å². The fourth-order valence-corrected chi connectivity index (χ4v) is 8.23. The van der Waals surface area contributed by atoms with Crippen LogP contribution in [0.1, 0.15) is 149 Å². The summed E-state index contributed by atoms with van der Waals surface area (Å²) >= 11 is 0. The summed E-state index contributed by atoms with van der Waals surface area (Å²) in [6, 6.07) is 0. The van der Waals surface area contributed by atoms with Gasteiger partial charge in [-0.3, -0.25) is 23.2 Å². The van der Waals surface area contributed by atoms with E-state index in [2.05, 4.69) is 60.9 Å². The van der Waals surface area contributed by atoms with Gasteiger partial charge in [0.2, 0.25) is 0 Å². The number of aliphatic hydroxyl groups is 5. The number of unbranched alkanes of at least 4 members (excludes halogenated alkanes) is 11. The molecule has 0 bridgehead atoms. The van der Waals surface area contributed by atoms with Crippen molar-refractivity contribution in [3.8, 4) is 0 Å². The SMILES string of the molecule is CC/C=C\C/C=C\C/C=C\C/C=C\C=C\C(O)CCCC(=O)OC[C@H](COP(=O)(O)O[C@H]1C(O)C(O)C(O)[C@@H](OP(=O)(O)O)C1O)OC(=O)CCCCCCCCC/C=C\CCCCCC. The molecule has 6 unspecified atom stereocenters. The van der Waals surface area contributed by atoms with Gasteiger partial charge in [-0.1, -0.05) is 138 Å². The Morgan fingerprint density at radius 3 is 1.70 bits per heavy atom. The predicted octanol–water partition coefficient (Wildman–Crippen LogP) is 7.81. The highest BCUT2D eigenvalue weighted by Gasteiger charge is 2.54. The minimum Gasteiger partial charge on any atom is -0.462 e. The van der Waals surface area contributed by atoms with Crippen LogP contribution in [0.5, 0.6) is 0 Å². The van der Waals surface area contributed by atoms with Crippen molar-refractivity contribution in [1.29, 1.82) is 0 Å². The van der Waals surface area contributed by atoms with Crippen LogP contribution in [-0.4, -0.2) is 114 Å². The Labute approximate surface area is 392 Å². The summed E-state index contributed by atoms with van der Waals surface area (Å²) in [5, 5.41) is 51.5. The van der Waals surface area contributed by atoms with Gasteiger partial charge in [0.1, 0.15) is 43.2 Å². The second-order valence-corrected chi connectivity index (χ2v) is 18.9. The van der Waals surface area contributed by atoms with Gasteiger partial charge in [0.25, 0.3) is 0 Å². The molecule has 0 heterocycles. The third-order valence-electron chi connectivity index (χ3n) is 10.4. The first-order valence-corrected chi connectivity index (χ1v) is 26.6. The van der Waals surface area contributed by atoms with Crippen molar-refractivity contribution >= 4 is 27.6 Å². The number of aliphatic hydroxyl groups excluding tert-OH is 5. The summed E-state index contributed by atoms with van der Waals surface area (Å²) in [6.07, 6.45) is 26.0. The molecule has 0 aromatic rings. The molecule has 17 nitrogen and oxygen atoms in total. The number of carbonyl (C=O) groups excluding carboxylic acids is 2. The molecule has 1 fully saturated rings. The number of allylic oxidation sites excluding steroid dienone is 11. The zero-order valence-electron chi connectivity index (χ0n) is 39.0. The molecule has 0 aliphatic heterocycles. The molecule has 19 heteroatoms. The lowest BCUT2D eigenvalue weighted by Crippen LogP contribution is -2.64. The highest BCUT2D eigenvalue weighted by atomic mass is 31.2. The summed E-state index contributed by atoms with van der Waals surface area (Å²) < 4.78 is 49.2. The van der Waals surface area contributed by atoms with Crippen molar-refractivity contribution in [1.82, 2.24) is 0 Å². The Morgan fingerprint density at radius 1 is 0.576 bits per heavy atom. The second-order valence-electron chi connectivity index (χ2n) is 16.3. The first-order chi connectivity index (χ1) is 31.5. The maximum absolute atomic E-state index is 13.0. The number of hydrogen-bond acceptors (Lipinski definition) is 14. The van der Waals surface area contributed by atoms with Crippen LogP contribution in [0.2, 0.25) is 0 Å². The van der Waals surface area contributed by atoms with Crippen LogP contribution in [0.25, 0.3) is 0 Å². The molecule has 380 valence electrons. The molecule has 1 aliphatic carbocycles. The number of esters is 2. The van der Waals surface area contributed by atoms with Crippen LogP contribution >= 0.6 is 15.6 Å². The minimum absolute atomic E-state index is 0.00522. The van der Waals surface area contributed by atoms with Gasteiger partial charge in [0.05, 0.1) is 12.7 Å². The zero-order valence-corrected chi connectivity index (χ0v) is 40.7. The molecule has 1 rings (SSSR count). The van der Waals surface area contributed by atoms with Crippen LogP contribution in [-0.2, 0) is 41.8 Å². The molecule has 0 aromatic heterocycles. The zero-order chi connectivity index (χ0) is 49.1. The van der Waals surface area contributed by atoms with Crippen molar-refractivity contribution in [3.63, 3.8) is 0 Å². The number of phosphoric ester groups is 2. The van der Waals surface area contributed by atoms with E-state index in [0.29, 0.717) is 6.42 Å². The molecule has 0 aromatic carbocycles. The van der Waals surface area contributed by atoms with Gasteiger partial charge in [0.15, 0.2) is 6.10 Å². The van der Waals surface area contributed by atoms with Gasteiger partial charge in [-0.05, 0) is 70.6 Å². The van der Waals surface area contributed by atoms with Crippen LogP contribution in [0.3, 0.4) is 0 Å². The van der Waals surface area contributed by atoms with E-state index in [4.69, 9.17) is 18.5 Å². The lowest BCUT2D eigenvalue weighted by molar-refractivity contribution is -0.216. The van der Waals surface area contributed by atoms with Crippen molar-refractivity contribution < 1.29 is 82.0 Å². The van der Waals surface area contributed by atoms with Gasteiger partial charge in [-0.25, -0.2) is 9.13 Å². The Kier molecular flexibility index (Phi) is 34.7. The predicted molar refractivity (Wildman–Crippen MR) is 252 cm³/mol. The van der Waals surface area contributed by atoms with E-state index in [9.17, 15) is 58.9 Å². The summed E-state index contributed by atoms with van der Waals surface area (Å²) in [7, 11) is -10.7. The van der Waals surface area contributed by atoms with E-state index in [-0.39, 0.29) is 25.7 Å². The smallest absolute Gasteiger partial charge is 0.462 e. The van der Waals surface area contributed by atoms with Crippen molar-refractivity contribution in [2.24, 2.45) is 0 Å². The normalized spacial score (nSPS) is 22.6.